The fourth-order valence-corrected chi connectivity index (χ4v) is 6.10. The summed E-state index contributed by atoms with van der Waals surface area (Å²) in [7, 11) is -3.87. The second kappa shape index (κ2) is 5.55. The molecular formula is C11H13BrN2O4S2. The quantitative estimate of drug-likeness (QED) is 0.799. The first kappa shape index (κ1) is 15.6. The molecule has 0 aromatic carbocycles. The van der Waals surface area contributed by atoms with Crippen molar-refractivity contribution in [3.05, 3.63) is 14.7 Å². The number of rotatable bonds is 3. The molecule has 1 unspecified atom stereocenters. The number of thiophene rings is 1. The Morgan fingerprint density at radius 2 is 2.15 bits per heavy atom. The highest BCUT2D eigenvalue weighted by atomic mass is 79.9. The summed E-state index contributed by atoms with van der Waals surface area (Å²) in [6, 6.07) is 0.648. The summed E-state index contributed by atoms with van der Waals surface area (Å²) in [6.07, 6.45) is 0.308. The van der Waals surface area contributed by atoms with Crippen LogP contribution in [0.25, 0.3) is 0 Å². The van der Waals surface area contributed by atoms with Gasteiger partial charge in [-0.15, -0.1) is 11.3 Å². The molecule has 0 bridgehead atoms. The second-order valence-corrected chi connectivity index (χ2v) is 8.85. The predicted octanol–water partition coefficient (Wildman–Crippen LogP) is 1.24. The molecule has 1 atom stereocenters. The number of nitrogens with one attached hydrogen (secondary N) is 1. The molecule has 1 N–H and O–H groups in total. The molecule has 0 spiro atoms. The van der Waals surface area contributed by atoms with E-state index in [1.807, 2.05) is 0 Å². The van der Waals surface area contributed by atoms with Crippen molar-refractivity contribution in [2.75, 3.05) is 6.54 Å². The average Bonchev–Trinajstić information content (AvgIpc) is 2.68. The number of nitrogens with zero attached hydrogens (tertiary/aromatic N) is 1. The Morgan fingerprint density at radius 3 is 2.65 bits per heavy atom. The van der Waals surface area contributed by atoms with E-state index in [1.165, 1.54) is 17.4 Å². The number of imide groups is 1. The second-order valence-electron chi connectivity index (χ2n) is 4.36. The fraction of sp³-hybridized carbons (Fsp3) is 0.455. The molecule has 6 nitrogen and oxygen atoms in total. The van der Waals surface area contributed by atoms with Gasteiger partial charge in [0.2, 0.25) is 21.8 Å². The molecule has 1 aromatic heterocycles. The standard InChI is InChI=1S/C11H13BrN2O4S2/c1-3-7-11(16)13-10(15)5-14(7)20(17,18)8-4-9(12)19-6(8)2/h4,7H,3,5H2,1-2H3,(H,13,15,16). The van der Waals surface area contributed by atoms with Crippen LogP contribution in [0.2, 0.25) is 0 Å². The van der Waals surface area contributed by atoms with Crippen LogP contribution in [0.15, 0.2) is 14.7 Å². The van der Waals surface area contributed by atoms with E-state index in [0.29, 0.717) is 15.1 Å². The van der Waals surface area contributed by atoms with Gasteiger partial charge in [0.1, 0.15) is 6.04 Å². The minimum absolute atomic E-state index is 0.135. The smallest absolute Gasteiger partial charge is 0.245 e. The van der Waals surface area contributed by atoms with E-state index in [2.05, 4.69) is 21.2 Å². The van der Waals surface area contributed by atoms with Crippen molar-refractivity contribution < 1.29 is 18.0 Å². The molecule has 9 heteroatoms. The number of sulfonamides is 1. The van der Waals surface area contributed by atoms with E-state index in [1.54, 1.807) is 13.8 Å². The molecule has 1 saturated heterocycles. The van der Waals surface area contributed by atoms with Crippen molar-refractivity contribution in [2.24, 2.45) is 0 Å². The Bertz CT molecular complexity index is 668. The Morgan fingerprint density at radius 1 is 1.50 bits per heavy atom. The first-order chi connectivity index (χ1) is 9.27. The van der Waals surface area contributed by atoms with Crippen LogP contribution in [0.4, 0.5) is 0 Å². The third kappa shape index (κ3) is 2.67. The molecule has 110 valence electrons. The number of piperazine rings is 1. The zero-order chi connectivity index (χ0) is 15.1. The van der Waals surface area contributed by atoms with Crippen molar-refractivity contribution in [3.63, 3.8) is 0 Å². The third-order valence-corrected chi connectivity index (χ3v) is 6.69. The van der Waals surface area contributed by atoms with Gasteiger partial charge in [0, 0.05) is 4.88 Å². The van der Waals surface area contributed by atoms with Gasteiger partial charge in [-0.05, 0) is 35.3 Å². The Kier molecular flexibility index (Phi) is 4.33. The third-order valence-electron chi connectivity index (χ3n) is 3.03. The topological polar surface area (TPSA) is 83.6 Å². The summed E-state index contributed by atoms with van der Waals surface area (Å²) in [5, 5.41) is 2.16. The van der Waals surface area contributed by atoms with Gasteiger partial charge < -0.3 is 0 Å². The molecule has 2 heterocycles. The molecule has 1 fully saturated rings. The van der Waals surface area contributed by atoms with Crippen LogP contribution in [0.3, 0.4) is 0 Å². The normalized spacial score (nSPS) is 21.1. The van der Waals surface area contributed by atoms with Crippen molar-refractivity contribution in [1.29, 1.82) is 0 Å². The highest BCUT2D eigenvalue weighted by molar-refractivity contribution is 9.11. The van der Waals surface area contributed by atoms with Gasteiger partial charge in [-0.3, -0.25) is 14.9 Å². The molecule has 0 aliphatic carbocycles. The summed E-state index contributed by atoms with van der Waals surface area (Å²) in [5.41, 5.74) is 0. The van der Waals surface area contributed by atoms with E-state index >= 15 is 0 Å². The summed E-state index contributed by atoms with van der Waals surface area (Å²) in [5.74, 6) is -1.17. The largest absolute Gasteiger partial charge is 0.294 e. The van der Waals surface area contributed by atoms with Crippen molar-refractivity contribution in [2.45, 2.75) is 31.2 Å². The lowest BCUT2D eigenvalue weighted by Crippen LogP contribution is -2.59. The van der Waals surface area contributed by atoms with Crippen molar-refractivity contribution >= 4 is 49.1 Å². The molecule has 1 aliphatic heterocycles. The van der Waals surface area contributed by atoms with Gasteiger partial charge in [0.15, 0.2) is 0 Å². The van der Waals surface area contributed by atoms with Crippen molar-refractivity contribution in [3.8, 4) is 0 Å². The van der Waals surface area contributed by atoms with Crippen LogP contribution in [-0.4, -0.2) is 37.1 Å². The summed E-state index contributed by atoms with van der Waals surface area (Å²) < 4.78 is 27.0. The first-order valence-electron chi connectivity index (χ1n) is 5.88. The number of halogens is 1. The van der Waals surface area contributed by atoms with Gasteiger partial charge in [-0.25, -0.2) is 8.42 Å². The Balaban J connectivity index is 2.49. The van der Waals surface area contributed by atoms with Crippen LogP contribution >= 0.6 is 27.3 Å². The molecule has 2 amide bonds. The molecule has 0 saturated carbocycles. The number of aryl methyl sites for hydroxylation is 1. The van der Waals surface area contributed by atoms with E-state index in [9.17, 15) is 18.0 Å². The summed E-state index contributed by atoms with van der Waals surface area (Å²) >= 11 is 4.54. The van der Waals surface area contributed by atoms with Gasteiger partial charge >= 0.3 is 0 Å². The van der Waals surface area contributed by atoms with Crippen LogP contribution in [-0.2, 0) is 19.6 Å². The molecule has 2 rings (SSSR count). The molecular weight excluding hydrogens is 368 g/mol. The number of carbonyl (C=O) groups is 2. The van der Waals surface area contributed by atoms with E-state index in [0.717, 1.165) is 4.31 Å². The zero-order valence-electron chi connectivity index (χ0n) is 10.8. The highest BCUT2D eigenvalue weighted by Crippen LogP contribution is 2.32. The monoisotopic (exact) mass is 380 g/mol. The van der Waals surface area contributed by atoms with Gasteiger partial charge in [-0.1, -0.05) is 6.92 Å². The number of hydrogen-bond acceptors (Lipinski definition) is 5. The molecule has 20 heavy (non-hydrogen) atoms. The minimum atomic E-state index is -3.87. The predicted molar refractivity (Wildman–Crippen MR) is 77.9 cm³/mol. The molecule has 0 radical (unpaired) electrons. The van der Waals surface area contributed by atoms with E-state index in [4.69, 9.17) is 0 Å². The lowest BCUT2D eigenvalue weighted by atomic mass is 10.2. The lowest BCUT2D eigenvalue weighted by molar-refractivity contribution is -0.137. The van der Waals surface area contributed by atoms with Crippen LogP contribution in [0, 0.1) is 6.92 Å². The average molecular weight is 381 g/mol. The van der Waals surface area contributed by atoms with Crippen molar-refractivity contribution in [1.82, 2.24) is 9.62 Å². The Hall–Kier alpha value is -0.770. The lowest BCUT2D eigenvalue weighted by Gasteiger charge is -2.32. The number of amides is 2. The Labute approximate surface area is 129 Å². The number of hydrogen-bond donors (Lipinski definition) is 1. The maximum absolute atomic E-state index is 12.7. The maximum Gasteiger partial charge on any atom is 0.245 e. The highest BCUT2D eigenvalue weighted by Gasteiger charge is 2.41. The van der Waals surface area contributed by atoms with E-state index < -0.39 is 27.9 Å². The number of carbonyl (C=O) groups excluding carboxylic acids is 2. The van der Waals surface area contributed by atoms with E-state index in [-0.39, 0.29) is 11.4 Å². The summed E-state index contributed by atoms with van der Waals surface area (Å²) in [4.78, 5) is 24.0. The van der Waals surface area contributed by atoms with Gasteiger partial charge in [0.05, 0.1) is 15.2 Å². The maximum atomic E-state index is 12.7. The van der Waals surface area contributed by atoms with Gasteiger partial charge in [0.25, 0.3) is 0 Å². The van der Waals surface area contributed by atoms with Crippen LogP contribution in [0.1, 0.15) is 18.2 Å². The minimum Gasteiger partial charge on any atom is -0.294 e. The van der Waals surface area contributed by atoms with Crippen LogP contribution in [0.5, 0.6) is 0 Å². The SMILES string of the molecule is CCC1C(=O)NC(=O)CN1S(=O)(=O)c1cc(Br)sc1C. The fourth-order valence-electron chi connectivity index (χ4n) is 2.10. The molecule has 1 aromatic rings. The summed E-state index contributed by atoms with van der Waals surface area (Å²) in [6.45, 7) is 3.06. The first-order valence-corrected chi connectivity index (χ1v) is 8.93. The zero-order valence-corrected chi connectivity index (χ0v) is 14.1. The van der Waals surface area contributed by atoms with Crippen LogP contribution < -0.4 is 5.32 Å². The van der Waals surface area contributed by atoms with Gasteiger partial charge in [-0.2, -0.15) is 4.31 Å². The molecule has 1 aliphatic rings.